The van der Waals surface area contributed by atoms with Crippen molar-refractivity contribution in [3.63, 3.8) is 0 Å². The molecule has 0 bridgehead atoms. The molecule has 3 rings (SSSR count). The van der Waals surface area contributed by atoms with Gasteiger partial charge in [0.2, 0.25) is 0 Å². The summed E-state index contributed by atoms with van der Waals surface area (Å²) < 4.78 is 0.847. The number of anilines is 1. The molecule has 2 aliphatic rings. The highest BCUT2D eigenvalue weighted by Gasteiger charge is 2.38. The number of hydrogen-bond donors (Lipinski definition) is 1. The van der Waals surface area contributed by atoms with E-state index < -0.39 is 0 Å². The van der Waals surface area contributed by atoms with E-state index in [1.165, 1.54) is 19.3 Å². The van der Waals surface area contributed by atoms with Gasteiger partial charge in [-0.25, -0.2) is 4.98 Å². The van der Waals surface area contributed by atoms with Gasteiger partial charge in [0.1, 0.15) is 5.15 Å². The predicted molar refractivity (Wildman–Crippen MR) is 78.2 cm³/mol. The fourth-order valence-electron chi connectivity index (χ4n) is 2.81. The van der Waals surface area contributed by atoms with Crippen LogP contribution in [0.5, 0.6) is 0 Å². The molecule has 0 amide bonds. The first-order valence-corrected chi connectivity index (χ1v) is 7.64. The first-order chi connectivity index (χ1) is 8.63. The van der Waals surface area contributed by atoms with Gasteiger partial charge in [0, 0.05) is 24.7 Å². The number of nitrogens with one attached hydrogen (secondary N) is 1. The van der Waals surface area contributed by atoms with Gasteiger partial charge in [0.15, 0.2) is 0 Å². The maximum absolute atomic E-state index is 5.90. The smallest absolute Gasteiger partial charge is 0.143 e. The molecule has 3 nitrogen and oxygen atoms in total. The summed E-state index contributed by atoms with van der Waals surface area (Å²) in [6, 6.07) is 4.07. The summed E-state index contributed by atoms with van der Waals surface area (Å²) in [4.78, 5) is 6.78. The van der Waals surface area contributed by atoms with Crippen molar-refractivity contribution >= 4 is 33.2 Å². The summed E-state index contributed by atoms with van der Waals surface area (Å²) in [5, 5.41) is 4.07. The summed E-state index contributed by atoms with van der Waals surface area (Å²) >= 11 is 9.31. The van der Waals surface area contributed by atoms with Crippen molar-refractivity contribution in [2.24, 2.45) is 0 Å². The number of likely N-dealkylation sites (tertiary alicyclic amines) is 1. The molecule has 1 aromatic rings. The van der Waals surface area contributed by atoms with Gasteiger partial charge < -0.3 is 5.32 Å². The van der Waals surface area contributed by atoms with Crippen LogP contribution in [0, 0.1) is 0 Å². The van der Waals surface area contributed by atoms with Crippen molar-refractivity contribution < 1.29 is 0 Å². The van der Waals surface area contributed by atoms with Gasteiger partial charge in [-0.3, -0.25) is 4.90 Å². The Balaban J connectivity index is 1.64. The molecule has 2 fully saturated rings. The molecule has 5 heteroatoms. The molecule has 2 unspecified atom stereocenters. The van der Waals surface area contributed by atoms with Gasteiger partial charge in [-0.2, -0.15) is 0 Å². The number of rotatable bonds is 3. The van der Waals surface area contributed by atoms with E-state index in [1.54, 1.807) is 6.20 Å². The van der Waals surface area contributed by atoms with Gasteiger partial charge in [0.05, 0.1) is 16.4 Å². The minimum Gasteiger partial charge on any atom is -0.380 e. The van der Waals surface area contributed by atoms with E-state index in [0.717, 1.165) is 22.7 Å². The molecule has 2 atom stereocenters. The lowest BCUT2D eigenvalue weighted by molar-refractivity contribution is 0.257. The SMILES string of the molecule is CC1CC(Nc2cnc(Cl)c(Br)c2)CN1C1CC1. The molecular formula is C13H17BrClN3. The average molecular weight is 331 g/mol. The highest BCUT2D eigenvalue weighted by Crippen LogP contribution is 2.34. The molecule has 0 aromatic carbocycles. The molecule has 1 aliphatic heterocycles. The number of aromatic nitrogens is 1. The van der Waals surface area contributed by atoms with Crippen molar-refractivity contribution in [1.82, 2.24) is 9.88 Å². The first-order valence-electron chi connectivity index (χ1n) is 6.47. The Kier molecular flexibility index (Phi) is 3.52. The Hall–Kier alpha value is -0.320. The number of hydrogen-bond acceptors (Lipinski definition) is 3. The second-order valence-electron chi connectivity index (χ2n) is 5.35. The van der Waals surface area contributed by atoms with Crippen LogP contribution in [-0.4, -0.2) is 34.6 Å². The van der Waals surface area contributed by atoms with Crippen LogP contribution < -0.4 is 5.32 Å². The molecule has 1 saturated carbocycles. The molecule has 0 radical (unpaired) electrons. The number of halogens is 2. The zero-order valence-electron chi connectivity index (χ0n) is 10.4. The highest BCUT2D eigenvalue weighted by molar-refractivity contribution is 9.10. The number of pyridine rings is 1. The molecular weight excluding hydrogens is 314 g/mol. The highest BCUT2D eigenvalue weighted by atomic mass is 79.9. The van der Waals surface area contributed by atoms with E-state index >= 15 is 0 Å². The topological polar surface area (TPSA) is 28.2 Å². The Morgan fingerprint density at radius 3 is 2.94 bits per heavy atom. The molecule has 98 valence electrons. The van der Waals surface area contributed by atoms with Gasteiger partial charge in [-0.05, 0) is 48.2 Å². The van der Waals surface area contributed by atoms with Crippen LogP contribution in [0.3, 0.4) is 0 Å². The van der Waals surface area contributed by atoms with Gasteiger partial charge in [-0.1, -0.05) is 11.6 Å². The monoisotopic (exact) mass is 329 g/mol. The molecule has 1 saturated heterocycles. The lowest BCUT2D eigenvalue weighted by Gasteiger charge is -2.19. The fourth-order valence-corrected chi connectivity index (χ4v) is 3.26. The van der Waals surface area contributed by atoms with Crippen molar-refractivity contribution in [2.45, 2.75) is 44.3 Å². The fraction of sp³-hybridized carbons (Fsp3) is 0.615. The van der Waals surface area contributed by atoms with E-state index in [-0.39, 0.29) is 0 Å². The third-order valence-electron chi connectivity index (χ3n) is 3.81. The predicted octanol–water partition coefficient (Wildman–Crippen LogP) is 3.53. The normalized spacial score (nSPS) is 28.6. The van der Waals surface area contributed by atoms with Crippen LogP contribution in [0.2, 0.25) is 5.15 Å². The third kappa shape index (κ3) is 2.65. The van der Waals surface area contributed by atoms with E-state index in [4.69, 9.17) is 11.6 Å². The Labute approximate surface area is 121 Å². The molecule has 2 heterocycles. The van der Waals surface area contributed by atoms with Gasteiger partial charge in [0.25, 0.3) is 0 Å². The largest absolute Gasteiger partial charge is 0.380 e. The lowest BCUT2D eigenvalue weighted by atomic mass is 10.2. The maximum Gasteiger partial charge on any atom is 0.143 e. The summed E-state index contributed by atoms with van der Waals surface area (Å²) in [5.74, 6) is 0. The van der Waals surface area contributed by atoms with Crippen LogP contribution in [-0.2, 0) is 0 Å². The van der Waals surface area contributed by atoms with E-state index in [0.29, 0.717) is 17.2 Å². The second kappa shape index (κ2) is 4.99. The molecule has 1 aromatic heterocycles. The quantitative estimate of drug-likeness (QED) is 0.859. The standard InChI is InChI=1S/C13H17BrClN3/c1-8-4-10(7-18(8)11-2-3-11)17-9-5-12(14)13(15)16-6-9/h5-6,8,10-11,17H,2-4,7H2,1H3. The van der Waals surface area contributed by atoms with E-state index in [1.807, 2.05) is 6.07 Å². The molecule has 0 spiro atoms. The van der Waals surface area contributed by atoms with Crippen LogP contribution in [0.4, 0.5) is 5.69 Å². The Morgan fingerprint density at radius 2 is 2.28 bits per heavy atom. The molecule has 18 heavy (non-hydrogen) atoms. The zero-order valence-corrected chi connectivity index (χ0v) is 12.7. The molecule has 1 aliphatic carbocycles. The Morgan fingerprint density at radius 1 is 1.50 bits per heavy atom. The summed E-state index contributed by atoms with van der Waals surface area (Å²) in [7, 11) is 0. The van der Waals surface area contributed by atoms with Crippen molar-refractivity contribution in [3.05, 3.63) is 21.9 Å². The van der Waals surface area contributed by atoms with Gasteiger partial charge >= 0.3 is 0 Å². The van der Waals surface area contributed by atoms with Crippen molar-refractivity contribution in [3.8, 4) is 0 Å². The minimum absolute atomic E-state index is 0.514. The minimum atomic E-state index is 0.514. The van der Waals surface area contributed by atoms with Crippen LogP contribution in [0.25, 0.3) is 0 Å². The summed E-state index contributed by atoms with van der Waals surface area (Å²) in [5.41, 5.74) is 1.04. The lowest BCUT2D eigenvalue weighted by Crippen LogP contribution is -2.31. The average Bonchev–Trinajstić information content (AvgIpc) is 3.09. The zero-order chi connectivity index (χ0) is 12.7. The Bertz CT molecular complexity index is 450. The van der Waals surface area contributed by atoms with Crippen LogP contribution in [0.1, 0.15) is 26.2 Å². The van der Waals surface area contributed by atoms with Crippen molar-refractivity contribution in [1.29, 1.82) is 0 Å². The van der Waals surface area contributed by atoms with Gasteiger partial charge in [-0.15, -0.1) is 0 Å². The number of nitrogens with zero attached hydrogens (tertiary/aromatic N) is 2. The molecule has 1 N–H and O–H groups in total. The van der Waals surface area contributed by atoms with Crippen LogP contribution >= 0.6 is 27.5 Å². The summed E-state index contributed by atoms with van der Waals surface area (Å²) in [6.45, 7) is 3.47. The summed E-state index contributed by atoms with van der Waals surface area (Å²) in [6.07, 6.45) is 5.77. The van der Waals surface area contributed by atoms with E-state index in [2.05, 4.69) is 38.1 Å². The van der Waals surface area contributed by atoms with Crippen molar-refractivity contribution in [2.75, 3.05) is 11.9 Å². The maximum atomic E-state index is 5.90. The van der Waals surface area contributed by atoms with E-state index in [9.17, 15) is 0 Å². The van der Waals surface area contributed by atoms with Crippen LogP contribution in [0.15, 0.2) is 16.7 Å². The second-order valence-corrected chi connectivity index (χ2v) is 6.56. The first kappa shape index (κ1) is 12.7. The third-order valence-corrected chi connectivity index (χ3v) is 4.94.